The van der Waals surface area contributed by atoms with Gasteiger partial charge in [-0.15, -0.1) is 0 Å². The third-order valence-electron chi connectivity index (χ3n) is 5.20. The van der Waals surface area contributed by atoms with Gasteiger partial charge in [0.05, 0.1) is 5.02 Å². The molecule has 2 aliphatic carbocycles. The number of rotatable bonds is 3. The first kappa shape index (κ1) is 13.3. The van der Waals surface area contributed by atoms with Crippen LogP contribution in [0.3, 0.4) is 0 Å². The largest absolute Gasteiger partial charge is 0.327 e. The third-order valence-corrected chi connectivity index (χ3v) is 5.54. The molecule has 2 nitrogen and oxygen atoms in total. The lowest BCUT2D eigenvalue weighted by molar-refractivity contribution is 0.532. The van der Waals surface area contributed by atoms with Crippen molar-refractivity contribution in [3.05, 3.63) is 64.4 Å². The van der Waals surface area contributed by atoms with E-state index in [1.807, 2.05) is 6.07 Å². The van der Waals surface area contributed by atoms with Gasteiger partial charge >= 0.3 is 0 Å². The van der Waals surface area contributed by atoms with Crippen molar-refractivity contribution in [1.82, 2.24) is 4.98 Å². The highest BCUT2D eigenvalue weighted by Gasteiger charge is 2.55. The zero-order valence-electron chi connectivity index (χ0n) is 11.9. The molecule has 1 aromatic carbocycles. The maximum absolute atomic E-state index is 6.52. The Morgan fingerprint density at radius 2 is 2.14 bits per heavy atom. The lowest BCUT2D eigenvalue weighted by Crippen LogP contribution is -2.26. The molecule has 0 saturated heterocycles. The molecule has 21 heavy (non-hydrogen) atoms. The summed E-state index contributed by atoms with van der Waals surface area (Å²) in [6.45, 7) is 0. The van der Waals surface area contributed by atoms with Crippen molar-refractivity contribution >= 4 is 11.6 Å². The maximum Gasteiger partial charge on any atom is 0.0621 e. The summed E-state index contributed by atoms with van der Waals surface area (Å²) in [5.41, 5.74) is 10.7. The average molecular weight is 299 g/mol. The van der Waals surface area contributed by atoms with Gasteiger partial charge in [-0.05, 0) is 59.8 Å². The van der Waals surface area contributed by atoms with E-state index in [1.165, 1.54) is 24.0 Å². The van der Waals surface area contributed by atoms with Crippen molar-refractivity contribution in [2.75, 3.05) is 0 Å². The molecule has 0 aliphatic heterocycles. The highest BCUT2D eigenvalue weighted by molar-refractivity contribution is 6.31. The fourth-order valence-electron chi connectivity index (χ4n) is 4.16. The van der Waals surface area contributed by atoms with Crippen molar-refractivity contribution in [2.45, 2.75) is 31.2 Å². The smallest absolute Gasteiger partial charge is 0.0621 e. The molecule has 0 amide bonds. The second-order valence-electron chi connectivity index (χ2n) is 6.34. The minimum absolute atomic E-state index is 0.186. The van der Waals surface area contributed by atoms with Crippen LogP contribution in [-0.2, 0) is 12.8 Å². The van der Waals surface area contributed by atoms with Crippen molar-refractivity contribution in [2.24, 2.45) is 17.6 Å². The Morgan fingerprint density at radius 3 is 3.00 bits per heavy atom. The standard InChI is InChI=1S/C18H19ClN2/c19-15-10-21-8-7-12(15)9-16(20)18-14-6-5-11-3-1-2-4-13(11)17(14)18/h1-4,7-8,10,14,16-18H,5-6,9,20H2. The highest BCUT2D eigenvalue weighted by Crippen LogP contribution is 2.61. The molecule has 1 fully saturated rings. The van der Waals surface area contributed by atoms with Gasteiger partial charge in [0, 0.05) is 18.4 Å². The van der Waals surface area contributed by atoms with E-state index in [-0.39, 0.29) is 6.04 Å². The number of aryl methyl sites for hydroxylation is 1. The summed E-state index contributed by atoms with van der Waals surface area (Å²) in [4.78, 5) is 4.04. The third kappa shape index (κ3) is 2.27. The van der Waals surface area contributed by atoms with E-state index in [1.54, 1.807) is 12.4 Å². The Hall–Kier alpha value is -1.38. The van der Waals surface area contributed by atoms with Crippen LogP contribution in [0.25, 0.3) is 0 Å². The summed E-state index contributed by atoms with van der Waals surface area (Å²) >= 11 is 6.21. The molecule has 1 aromatic heterocycles. The lowest BCUT2D eigenvalue weighted by atomic mass is 9.92. The molecule has 4 rings (SSSR count). The maximum atomic E-state index is 6.52. The van der Waals surface area contributed by atoms with E-state index < -0.39 is 0 Å². The normalized spacial score (nSPS) is 27.6. The molecule has 4 unspecified atom stereocenters. The van der Waals surface area contributed by atoms with Crippen molar-refractivity contribution in [1.29, 1.82) is 0 Å². The monoisotopic (exact) mass is 298 g/mol. The fourth-order valence-corrected chi connectivity index (χ4v) is 4.36. The van der Waals surface area contributed by atoms with E-state index in [0.29, 0.717) is 11.8 Å². The van der Waals surface area contributed by atoms with E-state index in [4.69, 9.17) is 17.3 Å². The van der Waals surface area contributed by atoms with Crippen LogP contribution in [0, 0.1) is 11.8 Å². The number of hydrogen-bond acceptors (Lipinski definition) is 2. The average Bonchev–Trinajstić information content (AvgIpc) is 3.24. The molecular formula is C18H19ClN2. The van der Waals surface area contributed by atoms with Gasteiger partial charge in [0.25, 0.3) is 0 Å². The van der Waals surface area contributed by atoms with Crippen LogP contribution in [0.5, 0.6) is 0 Å². The van der Waals surface area contributed by atoms with E-state index in [0.717, 1.165) is 22.9 Å². The first-order chi connectivity index (χ1) is 10.3. The minimum Gasteiger partial charge on any atom is -0.327 e. The Balaban J connectivity index is 1.53. The van der Waals surface area contributed by atoms with Gasteiger partial charge in [0.1, 0.15) is 0 Å². The zero-order chi connectivity index (χ0) is 14.4. The summed E-state index contributed by atoms with van der Waals surface area (Å²) in [7, 11) is 0. The molecule has 4 atom stereocenters. The van der Waals surface area contributed by atoms with Crippen molar-refractivity contribution in [3.63, 3.8) is 0 Å². The second-order valence-corrected chi connectivity index (χ2v) is 6.75. The summed E-state index contributed by atoms with van der Waals surface area (Å²) in [6, 6.07) is 11.0. The Morgan fingerprint density at radius 1 is 1.29 bits per heavy atom. The lowest BCUT2D eigenvalue weighted by Gasteiger charge is -2.14. The quantitative estimate of drug-likeness (QED) is 0.940. The van der Waals surface area contributed by atoms with Crippen LogP contribution in [-0.4, -0.2) is 11.0 Å². The SMILES string of the molecule is NC(Cc1ccncc1Cl)C1C2CCc3ccccc3C21. The number of halogens is 1. The van der Waals surface area contributed by atoms with Gasteiger partial charge in [-0.1, -0.05) is 35.9 Å². The van der Waals surface area contributed by atoms with Crippen molar-refractivity contribution < 1.29 is 0 Å². The first-order valence-corrected chi connectivity index (χ1v) is 8.05. The number of nitrogens with zero attached hydrogens (tertiary/aromatic N) is 1. The number of aromatic nitrogens is 1. The second kappa shape index (κ2) is 5.11. The van der Waals surface area contributed by atoms with Gasteiger partial charge in [-0.3, -0.25) is 4.98 Å². The van der Waals surface area contributed by atoms with Crippen LogP contribution >= 0.6 is 11.6 Å². The predicted octanol–water partition coefficient (Wildman–Crippen LogP) is 3.58. The van der Waals surface area contributed by atoms with Crippen LogP contribution in [0.1, 0.15) is 29.0 Å². The van der Waals surface area contributed by atoms with Gasteiger partial charge in [0.15, 0.2) is 0 Å². The van der Waals surface area contributed by atoms with Crippen molar-refractivity contribution in [3.8, 4) is 0 Å². The molecule has 0 radical (unpaired) electrons. The van der Waals surface area contributed by atoms with Crippen LogP contribution in [0.2, 0.25) is 5.02 Å². The van der Waals surface area contributed by atoms with Gasteiger partial charge in [-0.25, -0.2) is 0 Å². The van der Waals surface area contributed by atoms with Gasteiger partial charge < -0.3 is 5.73 Å². The Kier molecular flexibility index (Phi) is 3.24. The molecule has 108 valence electrons. The molecule has 2 aliphatic rings. The highest BCUT2D eigenvalue weighted by atomic mass is 35.5. The molecule has 0 spiro atoms. The van der Waals surface area contributed by atoms with E-state index >= 15 is 0 Å². The summed E-state index contributed by atoms with van der Waals surface area (Å²) < 4.78 is 0. The summed E-state index contributed by atoms with van der Waals surface area (Å²) in [5.74, 6) is 2.05. The first-order valence-electron chi connectivity index (χ1n) is 7.67. The molecule has 2 N–H and O–H groups in total. The number of pyridine rings is 1. The Bertz CT molecular complexity index is 670. The van der Waals surface area contributed by atoms with Crippen LogP contribution in [0.4, 0.5) is 0 Å². The molecule has 1 heterocycles. The van der Waals surface area contributed by atoms with Crippen LogP contribution in [0.15, 0.2) is 42.7 Å². The van der Waals surface area contributed by atoms with Crippen LogP contribution < -0.4 is 5.73 Å². The number of nitrogens with two attached hydrogens (primary N) is 1. The fraction of sp³-hybridized carbons (Fsp3) is 0.389. The molecule has 0 bridgehead atoms. The molecule has 3 heteroatoms. The van der Waals surface area contributed by atoms with E-state index in [9.17, 15) is 0 Å². The molecule has 1 saturated carbocycles. The number of hydrogen-bond donors (Lipinski definition) is 1. The topological polar surface area (TPSA) is 38.9 Å². The van der Waals surface area contributed by atoms with E-state index in [2.05, 4.69) is 29.2 Å². The summed E-state index contributed by atoms with van der Waals surface area (Å²) in [6.07, 6.45) is 6.84. The molecule has 2 aromatic rings. The summed E-state index contributed by atoms with van der Waals surface area (Å²) in [5, 5.41) is 0.733. The Labute approximate surface area is 130 Å². The zero-order valence-corrected chi connectivity index (χ0v) is 12.6. The van der Waals surface area contributed by atoms with Gasteiger partial charge in [-0.2, -0.15) is 0 Å². The minimum atomic E-state index is 0.186. The number of benzene rings is 1. The van der Waals surface area contributed by atoms with Gasteiger partial charge in [0.2, 0.25) is 0 Å². The number of fused-ring (bicyclic) bond motifs is 3. The molecular weight excluding hydrogens is 280 g/mol. The predicted molar refractivity (Wildman–Crippen MR) is 85.4 cm³/mol.